The lowest BCUT2D eigenvalue weighted by atomic mass is 9.90. The topological polar surface area (TPSA) is 38.8 Å². The molecule has 4 unspecified atom stereocenters. The molecule has 1 aromatic carbocycles. The van der Waals surface area contributed by atoms with Crippen LogP contribution in [0.4, 0.5) is 0 Å². The molecule has 1 saturated carbocycles. The molecule has 2 fully saturated rings. The highest BCUT2D eigenvalue weighted by atomic mass is 16.6. The van der Waals surface area contributed by atoms with Crippen molar-refractivity contribution in [1.29, 1.82) is 0 Å². The molecule has 1 aliphatic heterocycles. The number of rotatable bonds is 5. The monoisotopic (exact) mass is 288 g/mol. The third-order valence-electron chi connectivity index (χ3n) is 4.89. The van der Waals surface area contributed by atoms with E-state index in [1.54, 1.807) is 0 Å². The predicted molar refractivity (Wildman–Crippen MR) is 81.4 cm³/mol. The predicted octanol–water partition coefficient (Wildman–Crippen LogP) is 3.92. The largest absolute Gasteiger partial charge is 0.462 e. The highest BCUT2D eigenvalue weighted by molar-refractivity contribution is 5.89. The minimum Gasteiger partial charge on any atom is -0.462 e. The van der Waals surface area contributed by atoms with E-state index in [2.05, 4.69) is 13.8 Å². The van der Waals surface area contributed by atoms with E-state index in [1.807, 2.05) is 24.3 Å². The summed E-state index contributed by atoms with van der Waals surface area (Å²) in [6.45, 7) is 4.90. The second-order valence-electron chi connectivity index (χ2n) is 6.42. The van der Waals surface area contributed by atoms with Gasteiger partial charge in [0.2, 0.25) is 0 Å². The molecule has 0 radical (unpaired) electrons. The summed E-state index contributed by atoms with van der Waals surface area (Å²) in [6.07, 6.45) is 5.33. The van der Waals surface area contributed by atoms with E-state index in [1.165, 1.54) is 5.56 Å². The van der Waals surface area contributed by atoms with Gasteiger partial charge in [0.05, 0.1) is 24.4 Å². The molecular weight excluding hydrogens is 264 g/mol. The van der Waals surface area contributed by atoms with Crippen LogP contribution in [0.2, 0.25) is 0 Å². The summed E-state index contributed by atoms with van der Waals surface area (Å²) in [5.41, 5.74) is 1.93. The van der Waals surface area contributed by atoms with Gasteiger partial charge in [-0.2, -0.15) is 0 Å². The average molecular weight is 288 g/mol. The Labute approximate surface area is 126 Å². The van der Waals surface area contributed by atoms with Crippen molar-refractivity contribution < 1.29 is 14.3 Å². The summed E-state index contributed by atoms with van der Waals surface area (Å²) in [5, 5.41) is 0. The zero-order chi connectivity index (χ0) is 14.8. The maximum absolute atomic E-state index is 12.1. The molecule has 3 rings (SSSR count). The number of esters is 1. The molecule has 2 aliphatic rings. The minimum absolute atomic E-state index is 0.204. The summed E-state index contributed by atoms with van der Waals surface area (Å²) in [5.74, 6) is 0.797. The Morgan fingerprint density at radius 3 is 2.71 bits per heavy atom. The lowest BCUT2D eigenvalue weighted by molar-refractivity contribution is 0.0416. The molecule has 0 spiro atoms. The Kier molecular flexibility index (Phi) is 4.29. The van der Waals surface area contributed by atoms with Crippen LogP contribution < -0.4 is 0 Å². The third-order valence-corrected chi connectivity index (χ3v) is 4.89. The van der Waals surface area contributed by atoms with Gasteiger partial charge in [0, 0.05) is 0 Å². The highest BCUT2D eigenvalue weighted by Crippen LogP contribution is 2.39. The van der Waals surface area contributed by atoms with Gasteiger partial charge >= 0.3 is 5.97 Å². The molecular formula is C18H24O3. The molecule has 0 bridgehead atoms. The van der Waals surface area contributed by atoms with E-state index in [9.17, 15) is 4.79 Å². The Balaban J connectivity index is 1.50. The van der Waals surface area contributed by atoms with E-state index in [0.29, 0.717) is 36.2 Å². The Morgan fingerprint density at radius 1 is 1.29 bits per heavy atom. The molecule has 114 valence electrons. The fourth-order valence-electron chi connectivity index (χ4n) is 3.10. The Hall–Kier alpha value is -1.35. The van der Waals surface area contributed by atoms with Crippen LogP contribution in [0.25, 0.3) is 0 Å². The number of hydrogen-bond acceptors (Lipinski definition) is 3. The SMILES string of the molecule is CCC(C)c1ccc(C(=O)OCC2CCC3OC3C2)cc1. The number of fused-ring (bicyclic) bond motifs is 1. The van der Waals surface area contributed by atoms with Crippen molar-refractivity contribution >= 4 is 5.97 Å². The first-order valence-electron chi connectivity index (χ1n) is 8.10. The van der Waals surface area contributed by atoms with Crippen molar-refractivity contribution in [2.45, 2.75) is 57.7 Å². The Morgan fingerprint density at radius 2 is 2.05 bits per heavy atom. The number of benzene rings is 1. The van der Waals surface area contributed by atoms with Crippen molar-refractivity contribution in [2.24, 2.45) is 5.92 Å². The van der Waals surface area contributed by atoms with Gasteiger partial charge in [-0.3, -0.25) is 0 Å². The van der Waals surface area contributed by atoms with E-state index >= 15 is 0 Å². The number of carbonyl (C=O) groups is 1. The number of epoxide rings is 1. The van der Waals surface area contributed by atoms with Gasteiger partial charge in [0.1, 0.15) is 0 Å². The smallest absolute Gasteiger partial charge is 0.338 e. The number of hydrogen-bond donors (Lipinski definition) is 0. The molecule has 4 atom stereocenters. The zero-order valence-electron chi connectivity index (χ0n) is 12.9. The fraction of sp³-hybridized carbons (Fsp3) is 0.611. The second kappa shape index (κ2) is 6.18. The first-order chi connectivity index (χ1) is 10.2. The van der Waals surface area contributed by atoms with Gasteiger partial charge in [-0.05, 0) is 55.2 Å². The van der Waals surface area contributed by atoms with Crippen LogP contribution in [0.15, 0.2) is 24.3 Å². The molecule has 0 amide bonds. The summed E-state index contributed by atoms with van der Waals surface area (Å²) in [6, 6.07) is 7.83. The summed E-state index contributed by atoms with van der Waals surface area (Å²) < 4.78 is 11.0. The van der Waals surface area contributed by atoms with Crippen molar-refractivity contribution in [3.05, 3.63) is 35.4 Å². The van der Waals surface area contributed by atoms with Crippen LogP contribution in [-0.2, 0) is 9.47 Å². The second-order valence-corrected chi connectivity index (χ2v) is 6.42. The van der Waals surface area contributed by atoms with Crippen LogP contribution in [0.5, 0.6) is 0 Å². The maximum Gasteiger partial charge on any atom is 0.338 e. The molecule has 1 heterocycles. The Bertz CT molecular complexity index is 494. The van der Waals surface area contributed by atoms with Crippen LogP contribution in [0.3, 0.4) is 0 Å². The van der Waals surface area contributed by atoms with Crippen molar-refractivity contribution in [2.75, 3.05) is 6.61 Å². The molecule has 3 heteroatoms. The van der Waals surface area contributed by atoms with Crippen LogP contribution >= 0.6 is 0 Å². The van der Waals surface area contributed by atoms with Gasteiger partial charge in [-0.15, -0.1) is 0 Å². The summed E-state index contributed by atoms with van der Waals surface area (Å²) >= 11 is 0. The van der Waals surface area contributed by atoms with Gasteiger partial charge in [0.25, 0.3) is 0 Å². The van der Waals surface area contributed by atoms with Gasteiger partial charge < -0.3 is 9.47 Å². The van der Waals surface area contributed by atoms with E-state index in [0.717, 1.165) is 25.7 Å². The van der Waals surface area contributed by atoms with E-state index in [4.69, 9.17) is 9.47 Å². The molecule has 1 aromatic rings. The van der Waals surface area contributed by atoms with Crippen molar-refractivity contribution in [3.8, 4) is 0 Å². The first-order valence-corrected chi connectivity index (χ1v) is 8.10. The maximum atomic E-state index is 12.1. The molecule has 1 saturated heterocycles. The molecule has 0 N–H and O–H groups in total. The van der Waals surface area contributed by atoms with E-state index < -0.39 is 0 Å². The van der Waals surface area contributed by atoms with Crippen LogP contribution in [0.1, 0.15) is 61.4 Å². The number of ether oxygens (including phenoxy) is 2. The summed E-state index contributed by atoms with van der Waals surface area (Å²) in [4.78, 5) is 12.1. The normalized spacial score (nSPS) is 28.6. The van der Waals surface area contributed by atoms with E-state index in [-0.39, 0.29) is 5.97 Å². The van der Waals surface area contributed by atoms with Crippen LogP contribution in [0, 0.1) is 5.92 Å². The molecule has 3 nitrogen and oxygen atoms in total. The molecule has 0 aromatic heterocycles. The van der Waals surface area contributed by atoms with Gasteiger partial charge in [-0.25, -0.2) is 4.79 Å². The lowest BCUT2D eigenvalue weighted by Gasteiger charge is -2.18. The summed E-state index contributed by atoms with van der Waals surface area (Å²) in [7, 11) is 0. The lowest BCUT2D eigenvalue weighted by Crippen LogP contribution is -2.20. The minimum atomic E-state index is -0.204. The standard InChI is InChI=1S/C18H24O3/c1-3-12(2)14-5-7-15(8-6-14)18(19)20-11-13-4-9-16-17(10-13)21-16/h5-8,12-13,16-17H,3-4,9-11H2,1-2H3. The third kappa shape index (κ3) is 3.46. The molecule has 1 aliphatic carbocycles. The fourth-order valence-corrected chi connectivity index (χ4v) is 3.10. The average Bonchev–Trinajstić information content (AvgIpc) is 3.30. The zero-order valence-corrected chi connectivity index (χ0v) is 12.9. The first kappa shape index (κ1) is 14.6. The quantitative estimate of drug-likeness (QED) is 0.609. The van der Waals surface area contributed by atoms with Gasteiger partial charge in [0.15, 0.2) is 0 Å². The number of carbonyl (C=O) groups excluding carboxylic acids is 1. The van der Waals surface area contributed by atoms with Crippen LogP contribution in [-0.4, -0.2) is 24.8 Å². The molecule has 21 heavy (non-hydrogen) atoms. The van der Waals surface area contributed by atoms with Crippen molar-refractivity contribution in [1.82, 2.24) is 0 Å². The van der Waals surface area contributed by atoms with Crippen molar-refractivity contribution in [3.63, 3.8) is 0 Å². The highest BCUT2D eigenvalue weighted by Gasteiger charge is 2.43. The van der Waals surface area contributed by atoms with Gasteiger partial charge in [-0.1, -0.05) is 26.0 Å².